The van der Waals surface area contributed by atoms with Crippen molar-refractivity contribution in [2.45, 2.75) is 18.9 Å². The fourth-order valence-corrected chi connectivity index (χ4v) is 2.98. The molecule has 0 aliphatic rings. The van der Waals surface area contributed by atoms with Crippen molar-refractivity contribution in [3.8, 4) is 10.6 Å². The fourth-order valence-electron chi connectivity index (χ4n) is 2.28. The van der Waals surface area contributed by atoms with Crippen LogP contribution in [0.5, 0.6) is 0 Å². The largest absolute Gasteiger partial charge is 0.320 e. The number of anilines is 1. The van der Waals surface area contributed by atoms with Gasteiger partial charge in [-0.05, 0) is 35.9 Å². The summed E-state index contributed by atoms with van der Waals surface area (Å²) in [6.45, 7) is 0. The van der Waals surface area contributed by atoms with Gasteiger partial charge in [0.1, 0.15) is 0 Å². The van der Waals surface area contributed by atoms with E-state index in [1.807, 2.05) is 53.9 Å². The molecular weight excluding hydrogens is 320 g/mol. The van der Waals surface area contributed by atoms with Gasteiger partial charge in [-0.15, -0.1) is 11.3 Å². The second-order valence-electron chi connectivity index (χ2n) is 5.36. The van der Waals surface area contributed by atoms with Crippen LogP contribution < -0.4 is 11.1 Å². The number of carbonyl (C=O) groups is 1. The predicted octanol–water partition coefficient (Wildman–Crippen LogP) is 3.10. The first-order valence-electron chi connectivity index (χ1n) is 7.69. The van der Waals surface area contributed by atoms with Gasteiger partial charge >= 0.3 is 0 Å². The minimum atomic E-state index is -0.598. The van der Waals surface area contributed by atoms with Gasteiger partial charge in [0.2, 0.25) is 11.9 Å². The average molecular weight is 338 g/mol. The van der Waals surface area contributed by atoms with Crippen LogP contribution in [0.2, 0.25) is 0 Å². The van der Waals surface area contributed by atoms with Crippen LogP contribution in [0.25, 0.3) is 10.6 Å². The van der Waals surface area contributed by atoms with Crippen molar-refractivity contribution in [3.63, 3.8) is 0 Å². The number of carbonyl (C=O) groups excluding carboxylic acids is 1. The first-order valence-corrected chi connectivity index (χ1v) is 8.57. The highest BCUT2D eigenvalue weighted by Crippen LogP contribution is 2.22. The zero-order chi connectivity index (χ0) is 16.8. The Morgan fingerprint density at radius 2 is 2.00 bits per heavy atom. The van der Waals surface area contributed by atoms with Gasteiger partial charge in [0.15, 0.2) is 0 Å². The van der Waals surface area contributed by atoms with Crippen LogP contribution >= 0.6 is 11.3 Å². The molecule has 0 aliphatic heterocycles. The van der Waals surface area contributed by atoms with E-state index in [-0.39, 0.29) is 11.9 Å². The summed E-state index contributed by atoms with van der Waals surface area (Å²) in [6, 6.07) is 15.1. The molecule has 3 aromatic rings. The van der Waals surface area contributed by atoms with Gasteiger partial charge in [-0.25, -0.2) is 9.97 Å². The van der Waals surface area contributed by atoms with Crippen LogP contribution in [0.4, 0.5) is 5.95 Å². The van der Waals surface area contributed by atoms with Gasteiger partial charge in [0, 0.05) is 6.20 Å². The molecule has 24 heavy (non-hydrogen) atoms. The summed E-state index contributed by atoms with van der Waals surface area (Å²) < 4.78 is 0. The third-order valence-corrected chi connectivity index (χ3v) is 4.48. The molecule has 0 saturated carbocycles. The number of aryl methyl sites for hydroxylation is 1. The summed E-state index contributed by atoms with van der Waals surface area (Å²) in [6.07, 6.45) is 2.96. The molecule has 3 rings (SSSR count). The lowest BCUT2D eigenvalue weighted by molar-refractivity contribution is -0.117. The number of thiophene rings is 1. The highest BCUT2D eigenvalue weighted by molar-refractivity contribution is 7.13. The summed E-state index contributed by atoms with van der Waals surface area (Å²) in [5.74, 6) is 0.00956. The second kappa shape index (κ2) is 7.81. The third-order valence-electron chi connectivity index (χ3n) is 3.59. The Balaban J connectivity index is 1.59. The number of hydrogen-bond acceptors (Lipinski definition) is 5. The van der Waals surface area contributed by atoms with Gasteiger partial charge in [-0.1, -0.05) is 36.4 Å². The van der Waals surface area contributed by atoms with Gasteiger partial charge < -0.3 is 5.73 Å². The first-order chi connectivity index (χ1) is 11.7. The normalized spacial score (nSPS) is 11.9. The van der Waals surface area contributed by atoms with Crippen molar-refractivity contribution in [3.05, 3.63) is 65.7 Å². The molecule has 0 radical (unpaired) electrons. The van der Waals surface area contributed by atoms with Crippen LogP contribution in [0.1, 0.15) is 12.0 Å². The molecule has 122 valence electrons. The predicted molar refractivity (Wildman–Crippen MR) is 96.7 cm³/mol. The highest BCUT2D eigenvalue weighted by Gasteiger charge is 2.15. The van der Waals surface area contributed by atoms with Crippen molar-refractivity contribution >= 4 is 23.2 Å². The van der Waals surface area contributed by atoms with E-state index in [0.717, 1.165) is 22.6 Å². The maximum Gasteiger partial charge on any atom is 0.243 e. The molecule has 1 aromatic carbocycles. The minimum absolute atomic E-state index is 0.269. The smallest absolute Gasteiger partial charge is 0.243 e. The molecule has 5 nitrogen and oxygen atoms in total. The van der Waals surface area contributed by atoms with Crippen molar-refractivity contribution < 1.29 is 4.79 Å². The molecular formula is C18H18N4OS. The van der Waals surface area contributed by atoms with Crippen LogP contribution in [-0.4, -0.2) is 21.9 Å². The molecule has 3 N–H and O–H groups in total. The number of benzene rings is 1. The summed E-state index contributed by atoms with van der Waals surface area (Å²) in [5, 5.41) is 4.68. The monoisotopic (exact) mass is 338 g/mol. The molecule has 6 heteroatoms. The Labute approximate surface area is 144 Å². The third kappa shape index (κ3) is 4.24. The van der Waals surface area contributed by atoms with Crippen molar-refractivity contribution in [2.75, 3.05) is 5.32 Å². The number of aromatic nitrogens is 2. The number of rotatable bonds is 6. The molecule has 2 heterocycles. The Morgan fingerprint density at radius 3 is 2.75 bits per heavy atom. The zero-order valence-electron chi connectivity index (χ0n) is 13.1. The molecule has 1 atom stereocenters. The highest BCUT2D eigenvalue weighted by atomic mass is 32.1. The van der Waals surface area contributed by atoms with E-state index in [4.69, 9.17) is 5.73 Å². The summed E-state index contributed by atoms with van der Waals surface area (Å²) in [4.78, 5) is 21.7. The Kier molecular flexibility index (Phi) is 5.30. The van der Waals surface area contributed by atoms with E-state index >= 15 is 0 Å². The molecule has 1 unspecified atom stereocenters. The van der Waals surface area contributed by atoms with E-state index in [1.54, 1.807) is 17.5 Å². The number of amides is 1. The molecule has 0 fully saturated rings. The molecule has 0 spiro atoms. The van der Waals surface area contributed by atoms with Gasteiger partial charge in [0.25, 0.3) is 0 Å². The van der Waals surface area contributed by atoms with Gasteiger partial charge in [0.05, 0.1) is 16.6 Å². The first kappa shape index (κ1) is 16.3. The Morgan fingerprint density at radius 1 is 1.17 bits per heavy atom. The van der Waals surface area contributed by atoms with Crippen LogP contribution in [0.3, 0.4) is 0 Å². The maximum atomic E-state index is 12.2. The van der Waals surface area contributed by atoms with Gasteiger partial charge in [-0.3, -0.25) is 10.1 Å². The van der Waals surface area contributed by atoms with Crippen molar-refractivity contribution in [1.29, 1.82) is 0 Å². The summed E-state index contributed by atoms with van der Waals surface area (Å²) in [5.41, 5.74) is 7.93. The van der Waals surface area contributed by atoms with Crippen LogP contribution in [-0.2, 0) is 11.2 Å². The minimum Gasteiger partial charge on any atom is -0.320 e. The van der Waals surface area contributed by atoms with Gasteiger partial charge in [-0.2, -0.15) is 0 Å². The SMILES string of the molecule is NC(CCc1ccccc1)C(=O)Nc1nccc(-c2cccs2)n1. The zero-order valence-corrected chi connectivity index (χ0v) is 13.9. The summed E-state index contributed by atoms with van der Waals surface area (Å²) in [7, 11) is 0. The van der Waals surface area contributed by atoms with E-state index in [0.29, 0.717) is 6.42 Å². The molecule has 0 saturated heterocycles. The quantitative estimate of drug-likeness (QED) is 0.724. The lowest BCUT2D eigenvalue weighted by Gasteiger charge is -2.11. The van der Waals surface area contributed by atoms with Crippen molar-refractivity contribution in [2.24, 2.45) is 5.73 Å². The topological polar surface area (TPSA) is 80.9 Å². The molecule has 2 aromatic heterocycles. The Hall–Kier alpha value is -2.57. The number of nitrogens with zero attached hydrogens (tertiary/aromatic N) is 2. The number of nitrogens with one attached hydrogen (secondary N) is 1. The van der Waals surface area contributed by atoms with E-state index in [1.165, 1.54) is 0 Å². The van der Waals surface area contributed by atoms with Crippen molar-refractivity contribution in [1.82, 2.24) is 9.97 Å². The lowest BCUT2D eigenvalue weighted by Crippen LogP contribution is -2.36. The van der Waals surface area contributed by atoms with E-state index < -0.39 is 6.04 Å². The molecule has 1 amide bonds. The summed E-state index contributed by atoms with van der Waals surface area (Å²) >= 11 is 1.59. The van der Waals surface area contributed by atoms with E-state index in [9.17, 15) is 4.79 Å². The second-order valence-corrected chi connectivity index (χ2v) is 6.31. The Bertz CT molecular complexity index is 790. The fraction of sp³-hybridized carbons (Fsp3) is 0.167. The van der Waals surface area contributed by atoms with Crippen LogP contribution in [0, 0.1) is 0 Å². The number of hydrogen-bond donors (Lipinski definition) is 2. The standard InChI is InChI=1S/C18H18N4OS/c19-14(9-8-13-5-2-1-3-6-13)17(23)22-18-20-11-10-15(21-18)16-7-4-12-24-16/h1-7,10-12,14H,8-9,19H2,(H,20,21,22,23). The average Bonchev–Trinajstić information content (AvgIpc) is 3.15. The lowest BCUT2D eigenvalue weighted by atomic mass is 10.1. The molecule has 0 aliphatic carbocycles. The maximum absolute atomic E-state index is 12.2. The molecule has 0 bridgehead atoms. The van der Waals surface area contributed by atoms with Crippen LogP contribution in [0.15, 0.2) is 60.1 Å². The number of nitrogens with two attached hydrogens (primary N) is 1. The van der Waals surface area contributed by atoms with E-state index in [2.05, 4.69) is 15.3 Å².